The Morgan fingerprint density at radius 2 is 1.83 bits per heavy atom. The molecule has 1 aliphatic carbocycles. The van der Waals surface area contributed by atoms with E-state index in [9.17, 15) is 22.8 Å². The Morgan fingerprint density at radius 3 is 2.46 bits per heavy atom. The zero-order chi connectivity index (χ0) is 25.0. The second-order valence-corrected chi connectivity index (χ2v) is 12.4. The largest absolute Gasteiger partial charge is 0.348 e. The van der Waals surface area contributed by atoms with E-state index in [1.54, 1.807) is 9.21 Å². The van der Waals surface area contributed by atoms with Gasteiger partial charge in [0.05, 0.1) is 11.3 Å². The van der Waals surface area contributed by atoms with Gasteiger partial charge in [-0.2, -0.15) is 4.31 Å². The predicted octanol–water partition coefficient (Wildman–Crippen LogP) is 1.87. The summed E-state index contributed by atoms with van der Waals surface area (Å²) < 4.78 is 28.2. The zero-order valence-electron chi connectivity index (χ0n) is 19.4. The molecule has 9 nitrogen and oxygen atoms in total. The molecule has 5 rings (SSSR count). The molecule has 2 aliphatic heterocycles. The van der Waals surface area contributed by atoms with Crippen LogP contribution in [0.5, 0.6) is 0 Å². The van der Waals surface area contributed by atoms with E-state index in [0.29, 0.717) is 24.0 Å². The van der Waals surface area contributed by atoms with Crippen LogP contribution in [0.15, 0.2) is 39.6 Å². The van der Waals surface area contributed by atoms with Gasteiger partial charge in [-0.1, -0.05) is 29.8 Å². The smallest absolute Gasteiger partial charge is 0.271 e. The van der Waals surface area contributed by atoms with Gasteiger partial charge < -0.3 is 14.8 Å². The van der Waals surface area contributed by atoms with Crippen LogP contribution in [0.2, 0.25) is 0 Å². The van der Waals surface area contributed by atoms with Gasteiger partial charge in [-0.3, -0.25) is 14.4 Å². The first-order valence-electron chi connectivity index (χ1n) is 11.7. The molecule has 0 unspecified atom stereocenters. The quantitative estimate of drug-likeness (QED) is 0.578. The highest BCUT2D eigenvalue weighted by Crippen LogP contribution is 2.46. The minimum Gasteiger partial charge on any atom is -0.348 e. The van der Waals surface area contributed by atoms with E-state index < -0.39 is 27.0 Å². The summed E-state index contributed by atoms with van der Waals surface area (Å²) in [6.45, 7) is 3.58. The first kappa shape index (κ1) is 24.2. The summed E-state index contributed by atoms with van der Waals surface area (Å²) in [7, 11) is -3.28. The summed E-state index contributed by atoms with van der Waals surface area (Å²) >= 11 is 3.39. The van der Waals surface area contributed by atoms with E-state index in [4.69, 9.17) is 0 Å². The van der Waals surface area contributed by atoms with Crippen LogP contribution >= 0.6 is 15.9 Å². The number of carbonyl (C=O) groups excluding carboxylic acids is 2. The zero-order valence-corrected chi connectivity index (χ0v) is 21.8. The lowest BCUT2D eigenvalue weighted by molar-refractivity contribution is 0.0645. The van der Waals surface area contributed by atoms with Crippen LogP contribution in [0.3, 0.4) is 0 Å². The van der Waals surface area contributed by atoms with Crippen molar-refractivity contribution < 1.29 is 18.0 Å². The highest BCUT2D eigenvalue weighted by atomic mass is 79.9. The molecule has 3 aliphatic rings. The average Bonchev–Trinajstić information content (AvgIpc) is 3.50. The van der Waals surface area contributed by atoms with Gasteiger partial charge in [-0.25, -0.2) is 8.42 Å². The van der Waals surface area contributed by atoms with Crippen LogP contribution in [-0.4, -0.2) is 64.9 Å². The molecular weight excluding hydrogens is 536 g/mol. The number of aryl methyl sites for hydroxylation is 1. The normalized spacial score (nSPS) is 20.5. The van der Waals surface area contributed by atoms with Crippen LogP contribution in [0, 0.1) is 6.92 Å². The molecule has 0 radical (unpaired) electrons. The Kier molecular flexibility index (Phi) is 6.13. The van der Waals surface area contributed by atoms with Gasteiger partial charge in [0, 0.05) is 37.2 Å². The number of aromatic nitrogens is 1. The number of sulfonamides is 1. The summed E-state index contributed by atoms with van der Waals surface area (Å²) in [5.41, 5.74) is 1.15. The minimum absolute atomic E-state index is 0.0317. The number of carbonyl (C=O) groups is 2. The van der Waals surface area contributed by atoms with Crippen molar-refractivity contribution in [2.24, 2.45) is 0 Å². The Morgan fingerprint density at radius 1 is 1.11 bits per heavy atom. The maximum Gasteiger partial charge on any atom is 0.271 e. The third-order valence-electron chi connectivity index (χ3n) is 7.09. The van der Waals surface area contributed by atoms with Crippen molar-refractivity contribution in [3.05, 3.63) is 67.5 Å². The van der Waals surface area contributed by atoms with Gasteiger partial charge in [-0.15, -0.1) is 0 Å². The van der Waals surface area contributed by atoms with Crippen molar-refractivity contribution >= 4 is 37.8 Å². The van der Waals surface area contributed by atoms with Crippen molar-refractivity contribution in [3.63, 3.8) is 0 Å². The van der Waals surface area contributed by atoms with Crippen LogP contribution in [0.1, 0.15) is 51.2 Å². The third-order valence-corrected chi connectivity index (χ3v) is 9.74. The van der Waals surface area contributed by atoms with Gasteiger partial charge in [0.1, 0.15) is 11.3 Å². The molecule has 1 aromatic carbocycles. The standard InChI is InChI=1S/C24H27BrN4O5S/c1-16-3-5-17(6-4-16)14-26-21(30)18-13-19(25)20-23(32)27(10-11-28(20)22(18)31)15-24(7-8-24)29-9-2-12-35(29,33)34/h3-6,13H,2,7-12,14-15H2,1H3,(H,26,30). The summed E-state index contributed by atoms with van der Waals surface area (Å²) in [5, 5.41) is 2.78. The molecule has 11 heteroatoms. The van der Waals surface area contributed by atoms with Gasteiger partial charge >= 0.3 is 0 Å². The first-order chi connectivity index (χ1) is 16.6. The van der Waals surface area contributed by atoms with E-state index in [1.807, 2.05) is 31.2 Å². The molecule has 1 aromatic heterocycles. The van der Waals surface area contributed by atoms with Crippen LogP contribution < -0.4 is 10.9 Å². The number of rotatable bonds is 6. The third kappa shape index (κ3) is 4.45. The number of amides is 2. The lowest BCUT2D eigenvalue weighted by Crippen LogP contribution is -2.53. The van der Waals surface area contributed by atoms with Crippen molar-refractivity contribution in [1.82, 2.24) is 19.1 Å². The Hall–Kier alpha value is -2.50. The molecule has 2 fully saturated rings. The molecule has 1 N–H and O–H groups in total. The number of nitrogens with one attached hydrogen (secondary N) is 1. The summed E-state index contributed by atoms with van der Waals surface area (Å²) in [6, 6.07) is 9.14. The Bertz CT molecular complexity index is 1370. The molecule has 186 valence electrons. The molecule has 0 bridgehead atoms. The van der Waals surface area contributed by atoms with Gasteiger partial charge in [0.25, 0.3) is 17.4 Å². The fraction of sp³-hybridized carbons (Fsp3) is 0.458. The summed E-state index contributed by atoms with van der Waals surface area (Å²) in [6.07, 6.45) is 2.06. The molecule has 1 saturated carbocycles. The van der Waals surface area contributed by atoms with Crippen molar-refractivity contribution in [1.29, 1.82) is 0 Å². The monoisotopic (exact) mass is 562 g/mol. The van der Waals surface area contributed by atoms with E-state index in [-0.39, 0.29) is 42.6 Å². The molecular formula is C24H27BrN4O5S. The van der Waals surface area contributed by atoms with Gasteiger partial charge in [0.2, 0.25) is 10.0 Å². The number of nitrogens with zero attached hydrogens (tertiary/aromatic N) is 3. The summed E-state index contributed by atoms with van der Waals surface area (Å²) in [4.78, 5) is 40.9. The van der Waals surface area contributed by atoms with E-state index in [1.165, 1.54) is 10.6 Å². The molecule has 0 spiro atoms. The molecule has 2 amide bonds. The molecule has 0 atom stereocenters. The van der Waals surface area contributed by atoms with Crippen LogP contribution in [0.25, 0.3) is 0 Å². The lowest BCUT2D eigenvalue weighted by atomic mass is 10.1. The minimum atomic E-state index is -3.28. The van der Waals surface area contributed by atoms with Crippen molar-refractivity contribution in [3.8, 4) is 0 Å². The fourth-order valence-corrected chi connectivity index (χ4v) is 7.56. The predicted molar refractivity (Wildman–Crippen MR) is 134 cm³/mol. The molecule has 35 heavy (non-hydrogen) atoms. The van der Waals surface area contributed by atoms with Crippen LogP contribution in [-0.2, 0) is 23.1 Å². The summed E-state index contributed by atoms with van der Waals surface area (Å²) in [5.74, 6) is -0.686. The Balaban J connectivity index is 1.34. The fourth-order valence-electron chi connectivity index (χ4n) is 4.99. The first-order valence-corrected chi connectivity index (χ1v) is 14.1. The molecule has 1 saturated heterocycles. The average molecular weight is 563 g/mol. The molecule has 3 heterocycles. The number of halogens is 1. The number of hydrogen-bond donors (Lipinski definition) is 1. The van der Waals surface area contributed by atoms with Crippen molar-refractivity contribution in [2.75, 3.05) is 25.4 Å². The second kappa shape index (κ2) is 8.86. The number of pyridine rings is 1. The van der Waals surface area contributed by atoms with Gasteiger partial charge in [-0.05, 0) is 53.7 Å². The highest BCUT2D eigenvalue weighted by molar-refractivity contribution is 9.10. The Labute approximate surface area is 212 Å². The second-order valence-electron chi connectivity index (χ2n) is 9.57. The van der Waals surface area contributed by atoms with E-state index in [0.717, 1.165) is 24.0 Å². The van der Waals surface area contributed by atoms with Crippen LogP contribution in [0.4, 0.5) is 0 Å². The SMILES string of the molecule is Cc1ccc(CNC(=O)c2cc(Br)c3n(c2=O)CCN(CC2(N4CCCS4(=O)=O)CC2)C3=O)cc1. The maximum absolute atomic E-state index is 13.4. The number of fused-ring (bicyclic) bond motifs is 1. The number of benzene rings is 1. The topological polar surface area (TPSA) is 109 Å². The maximum atomic E-state index is 13.4. The van der Waals surface area contributed by atoms with E-state index in [2.05, 4.69) is 21.2 Å². The van der Waals surface area contributed by atoms with Gasteiger partial charge in [0.15, 0.2) is 0 Å². The molecule has 2 aromatic rings. The number of hydrogen-bond acceptors (Lipinski definition) is 5. The highest BCUT2D eigenvalue weighted by Gasteiger charge is 2.55. The van der Waals surface area contributed by atoms with Crippen molar-refractivity contribution in [2.45, 2.75) is 44.8 Å². The lowest BCUT2D eigenvalue weighted by Gasteiger charge is -2.36. The van der Waals surface area contributed by atoms with E-state index >= 15 is 0 Å².